The number of ether oxygens (including phenoxy) is 3. The highest BCUT2D eigenvalue weighted by molar-refractivity contribution is 5.89. The fourth-order valence-corrected chi connectivity index (χ4v) is 2.95. The first kappa shape index (κ1) is 23.7. The molecule has 0 amide bonds. The van der Waals surface area contributed by atoms with Gasteiger partial charge in [-0.25, -0.2) is 18.4 Å². The van der Waals surface area contributed by atoms with E-state index in [0.717, 1.165) is 6.08 Å². The standard InChI is InChI=1S/C26H22F2O5/c1-2-24(29)32-17-3-16-31-23-14-8-20(9-15-23)26(30)33-25(18-4-10-21(27)11-5-18)19-6-12-22(28)13-7-19/h2,4-15,25H,1,3,16-17H2. The Balaban J connectivity index is 1.64. The van der Waals surface area contributed by atoms with Gasteiger partial charge in [0.05, 0.1) is 18.8 Å². The molecule has 0 saturated carbocycles. The smallest absolute Gasteiger partial charge is 0.339 e. The minimum Gasteiger partial charge on any atom is -0.493 e. The van der Waals surface area contributed by atoms with Gasteiger partial charge in [-0.15, -0.1) is 0 Å². The topological polar surface area (TPSA) is 61.8 Å². The lowest BCUT2D eigenvalue weighted by molar-refractivity contribution is -0.137. The molecule has 0 bridgehead atoms. The minimum absolute atomic E-state index is 0.212. The van der Waals surface area contributed by atoms with Crippen LogP contribution >= 0.6 is 0 Å². The SMILES string of the molecule is C=CC(=O)OCCCOc1ccc(C(=O)OC(c2ccc(F)cc2)c2ccc(F)cc2)cc1. The Labute approximate surface area is 190 Å². The zero-order valence-corrected chi connectivity index (χ0v) is 17.7. The monoisotopic (exact) mass is 452 g/mol. The number of halogens is 2. The Morgan fingerprint density at radius 1 is 0.818 bits per heavy atom. The van der Waals surface area contributed by atoms with Crippen LogP contribution in [0, 0.1) is 11.6 Å². The van der Waals surface area contributed by atoms with Crippen molar-refractivity contribution >= 4 is 11.9 Å². The number of esters is 2. The van der Waals surface area contributed by atoms with E-state index in [1.54, 1.807) is 24.3 Å². The van der Waals surface area contributed by atoms with Crippen molar-refractivity contribution in [2.75, 3.05) is 13.2 Å². The number of benzene rings is 3. The Hall–Kier alpha value is -4.00. The highest BCUT2D eigenvalue weighted by atomic mass is 19.1. The van der Waals surface area contributed by atoms with Gasteiger partial charge in [0.15, 0.2) is 6.10 Å². The maximum absolute atomic E-state index is 13.4. The Morgan fingerprint density at radius 3 is 1.88 bits per heavy atom. The van der Waals surface area contributed by atoms with E-state index in [-0.39, 0.29) is 12.2 Å². The quantitative estimate of drug-likeness (QED) is 0.234. The maximum Gasteiger partial charge on any atom is 0.339 e. The van der Waals surface area contributed by atoms with Crippen LogP contribution in [0.3, 0.4) is 0 Å². The van der Waals surface area contributed by atoms with E-state index in [9.17, 15) is 18.4 Å². The molecule has 0 unspecified atom stereocenters. The largest absolute Gasteiger partial charge is 0.493 e. The summed E-state index contributed by atoms with van der Waals surface area (Å²) in [7, 11) is 0. The normalized spacial score (nSPS) is 10.5. The molecule has 0 N–H and O–H groups in total. The van der Waals surface area contributed by atoms with Crippen LogP contribution in [0.1, 0.15) is 34.0 Å². The van der Waals surface area contributed by atoms with E-state index in [1.807, 2.05) is 0 Å². The minimum atomic E-state index is -0.840. The maximum atomic E-state index is 13.4. The van der Waals surface area contributed by atoms with Crippen LogP contribution in [0.25, 0.3) is 0 Å². The van der Waals surface area contributed by atoms with Crippen molar-refractivity contribution < 1.29 is 32.6 Å². The van der Waals surface area contributed by atoms with E-state index >= 15 is 0 Å². The summed E-state index contributed by atoms with van der Waals surface area (Å²) in [5.74, 6) is -1.39. The van der Waals surface area contributed by atoms with Crippen molar-refractivity contribution in [3.8, 4) is 5.75 Å². The van der Waals surface area contributed by atoms with E-state index in [0.29, 0.717) is 29.9 Å². The molecule has 0 saturated heterocycles. The van der Waals surface area contributed by atoms with E-state index < -0.39 is 29.7 Å². The van der Waals surface area contributed by atoms with Crippen LogP contribution < -0.4 is 4.74 Å². The zero-order valence-electron chi connectivity index (χ0n) is 17.7. The summed E-state index contributed by atoms with van der Waals surface area (Å²) >= 11 is 0. The van der Waals surface area contributed by atoms with Gasteiger partial charge >= 0.3 is 11.9 Å². The molecule has 0 spiro atoms. The number of carbonyl (C=O) groups is 2. The highest BCUT2D eigenvalue weighted by Gasteiger charge is 2.20. The molecule has 3 aromatic rings. The molecule has 3 aromatic carbocycles. The van der Waals surface area contributed by atoms with Gasteiger partial charge in [-0.1, -0.05) is 30.8 Å². The summed E-state index contributed by atoms with van der Waals surface area (Å²) in [4.78, 5) is 23.7. The molecule has 0 heterocycles. The molecular formula is C26H22F2O5. The molecule has 0 atom stereocenters. The summed E-state index contributed by atoms with van der Waals surface area (Å²) in [5, 5.41) is 0. The van der Waals surface area contributed by atoms with Gasteiger partial charge < -0.3 is 14.2 Å². The first-order valence-electron chi connectivity index (χ1n) is 10.2. The molecule has 7 heteroatoms. The van der Waals surface area contributed by atoms with Crippen molar-refractivity contribution in [2.24, 2.45) is 0 Å². The summed E-state index contributed by atoms with van der Waals surface area (Å²) < 4.78 is 42.8. The second kappa shape index (κ2) is 11.6. The second-order valence-electron chi connectivity index (χ2n) is 6.99. The van der Waals surface area contributed by atoms with Crippen LogP contribution in [-0.2, 0) is 14.3 Å². The molecule has 0 aliphatic heterocycles. The van der Waals surface area contributed by atoms with Crippen LogP contribution in [0.15, 0.2) is 85.5 Å². The molecule has 0 fully saturated rings. The van der Waals surface area contributed by atoms with E-state index in [4.69, 9.17) is 14.2 Å². The first-order chi connectivity index (χ1) is 16.0. The Kier molecular flexibility index (Phi) is 8.30. The van der Waals surface area contributed by atoms with Crippen LogP contribution in [0.4, 0.5) is 8.78 Å². The van der Waals surface area contributed by atoms with E-state index in [1.165, 1.54) is 48.5 Å². The molecule has 5 nitrogen and oxygen atoms in total. The van der Waals surface area contributed by atoms with Crippen molar-refractivity contribution in [1.29, 1.82) is 0 Å². The molecule has 33 heavy (non-hydrogen) atoms. The van der Waals surface area contributed by atoms with Gasteiger partial charge in [0.2, 0.25) is 0 Å². The third-order valence-electron chi connectivity index (χ3n) is 4.63. The first-order valence-corrected chi connectivity index (χ1v) is 10.2. The zero-order chi connectivity index (χ0) is 23.6. The van der Waals surface area contributed by atoms with Crippen molar-refractivity contribution in [2.45, 2.75) is 12.5 Å². The van der Waals surface area contributed by atoms with Crippen molar-refractivity contribution in [3.63, 3.8) is 0 Å². The molecule has 0 aliphatic carbocycles. The number of hydrogen-bond acceptors (Lipinski definition) is 5. The lowest BCUT2D eigenvalue weighted by Gasteiger charge is -2.19. The van der Waals surface area contributed by atoms with Gasteiger partial charge in [-0.3, -0.25) is 0 Å². The van der Waals surface area contributed by atoms with E-state index in [2.05, 4.69) is 6.58 Å². The van der Waals surface area contributed by atoms with Crippen LogP contribution in [-0.4, -0.2) is 25.2 Å². The van der Waals surface area contributed by atoms with Gasteiger partial charge in [0, 0.05) is 12.5 Å². The van der Waals surface area contributed by atoms with Crippen LogP contribution in [0.5, 0.6) is 5.75 Å². The summed E-state index contributed by atoms with van der Waals surface area (Å²) in [5.41, 5.74) is 1.39. The summed E-state index contributed by atoms with van der Waals surface area (Å²) in [6.07, 6.45) is 0.753. The second-order valence-corrected chi connectivity index (χ2v) is 6.99. The molecule has 0 aromatic heterocycles. The van der Waals surface area contributed by atoms with Gasteiger partial charge in [0.1, 0.15) is 17.4 Å². The Morgan fingerprint density at radius 2 is 1.36 bits per heavy atom. The van der Waals surface area contributed by atoms with Crippen molar-refractivity contribution in [1.82, 2.24) is 0 Å². The number of hydrogen-bond donors (Lipinski definition) is 0. The lowest BCUT2D eigenvalue weighted by Crippen LogP contribution is -2.13. The fraction of sp³-hybridized carbons (Fsp3) is 0.154. The molecule has 3 rings (SSSR count). The third-order valence-corrected chi connectivity index (χ3v) is 4.63. The average molecular weight is 452 g/mol. The highest BCUT2D eigenvalue weighted by Crippen LogP contribution is 2.28. The predicted molar refractivity (Wildman–Crippen MR) is 118 cm³/mol. The third kappa shape index (κ3) is 7.00. The molecular weight excluding hydrogens is 430 g/mol. The average Bonchev–Trinajstić information content (AvgIpc) is 2.83. The number of carbonyl (C=O) groups excluding carboxylic acids is 2. The molecule has 0 radical (unpaired) electrons. The van der Waals surface area contributed by atoms with Gasteiger partial charge in [0.25, 0.3) is 0 Å². The predicted octanol–water partition coefficient (Wildman–Crippen LogP) is 5.41. The van der Waals surface area contributed by atoms with Crippen molar-refractivity contribution in [3.05, 3.63) is 114 Å². The van der Waals surface area contributed by atoms with Gasteiger partial charge in [-0.2, -0.15) is 0 Å². The summed E-state index contributed by atoms with van der Waals surface area (Å²) in [6, 6.07) is 17.5. The lowest BCUT2D eigenvalue weighted by atomic mass is 10.0. The fourth-order valence-electron chi connectivity index (χ4n) is 2.95. The Bertz CT molecular complexity index is 1030. The molecule has 0 aliphatic rings. The van der Waals surface area contributed by atoms with Gasteiger partial charge in [-0.05, 0) is 59.7 Å². The van der Waals surface area contributed by atoms with Crippen LogP contribution in [0.2, 0.25) is 0 Å². The summed E-state index contributed by atoms with van der Waals surface area (Å²) in [6.45, 7) is 3.85. The number of rotatable bonds is 10. The molecule has 170 valence electrons.